The maximum Gasteiger partial charge on any atom is 0.0693 e. The number of nitrogens with one attached hydrogen (secondary N) is 1. The first-order chi connectivity index (χ1) is 7.75. The molecule has 1 aromatic carbocycles. The van der Waals surface area contributed by atoms with Crippen LogP contribution in [0.4, 0.5) is 0 Å². The fourth-order valence-electron chi connectivity index (χ4n) is 2.20. The van der Waals surface area contributed by atoms with Crippen LogP contribution in [0.3, 0.4) is 0 Å². The van der Waals surface area contributed by atoms with Gasteiger partial charge in [0.05, 0.1) is 6.10 Å². The zero-order valence-electron chi connectivity index (χ0n) is 9.32. The molecule has 1 aliphatic rings. The normalized spacial score (nSPS) is 25.6. The Kier molecular flexibility index (Phi) is 4.38. The lowest BCUT2D eigenvalue weighted by Crippen LogP contribution is -2.41. The van der Waals surface area contributed by atoms with Crippen LogP contribution in [0.5, 0.6) is 0 Å². The Balaban J connectivity index is 1.84. The molecule has 0 radical (unpaired) electrons. The molecule has 1 fully saturated rings. The van der Waals surface area contributed by atoms with Crippen LogP contribution in [0.1, 0.15) is 31.2 Å². The minimum absolute atomic E-state index is 0.163. The summed E-state index contributed by atoms with van der Waals surface area (Å²) in [4.78, 5) is 0. The molecule has 0 spiro atoms. The van der Waals surface area contributed by atoms with Crippen LogP contribution in [0.25, 0.3) is 0 Å². The second-order valence-corrected chi connectivity index (χ2v) is 5.38. The highest BCUT2D eigenvalue weighted by Crippen LogP contribution is 2.19. The van der Waals surface area contributed by atoms with Crippen molar-refractivity contribution in [3.05, 3.63) is 34.3 Å². The molecule has 0 saturated heterocycles. The van der Waals surface area contributed by atoms with Crippen LogP contribution in [-0.2, 0) is 6.54 Å². The molecular weight excluding hydrogens is 266 g/mol. The molecule has 2 atom stereocenters. The van der Waals surface area contributed by atoms with E-state index in [1.54, 1.807) is 0 Å². The summed E-state index contributed by atoms with van der Waals surface area (Å²) in [5.41, 5.74) is 1.26. The first kappa shape index (κ1) is 12.1. The molecule has 2 N–H and O–H groups in total. The molecule has 0 aromatic heterocycles. The zero-order valence-corrected chi connectivity index (χ0v) is 10.9. The molecular formula is C13H18BrNO. The SMILES string of the molecule is OC1CCCCC1NCc1ccc(Br)cc1. The van der Waals surface area contributed by atoms with Crippen LogP contribution in [-0.4, -0.2) is 17.3 Å². The lowest BCUT2D eigenvalue weighted by Gasteiger charge is -2.28. The number of hydrogen-bond donors (Lipinski definition) is 2. The minimum atomic E-state index is -0.163. The highest BCUT2D eigenvalue weighted by molar-refractivity contribution is 9.10. The summed E-state index contributed by atoms with van der Waals surface area (Å²) in [5.74, 6) is 0. The Bertz CT molecular complexity index is 325. The van der Waals surface area contributed by atoms with E-state index in [1.807, 2.05) is 12.1 Å². The van der Waals surface area contributed by atoms with Gasteiger partial charge >= 0.3 is 0 Å². The van der Waals surface area contributed by atoms with Gasteiger partial charge in [-0.2, -0.15) is 0 Å². The van der Waals surface area contributed by atoms with Crippen molar-refractivity contribution >= 4 is 15.9 Å². The third kappa shape index (κ3) is 3.30. The monoisotopic (exact) mass is 283 g/mol. The lowest BCUT2D eigenvalue weighted by molar-refractivity contribution is 0.0902. The second-order valence-electron chi connectivity index (χ2n) is 4.47. The molecule has 2 nitrogen and oxygen atoms in total. The third-order valence-corrected chi connectivity index (χ3v) is 3.74. The number of hydrogen-bond acceptors (Lipinski definition) is 2. The largest absolute Gasteiger partial charge is 0.392 e. The Labute approximate surface area is 105 Å². The highest BCUT2D eigenvalue weighted by Gasteiger charge is 2.21. The van der Waals surface area contributed by atoms with Gasteiger partial charge in [-0.15, -0.1) is 0 Å². The summed E-state index contributed by atoms with van der Waals surface area (Å²) < 4.78 is 1.11. The number of aliphatic hydroxyl groups is 1. The van der Waals surface area contributed by atoms with Crippen molar-refractivity contribution in [1.29, 1.82) is 0 Å². The van der Waals surface area contributed by atoms with E-state index in [-0.39, 0.29) is 12.1 Å². The average molecular weight is 284 g/mol. The van der Waals surface area contributed by atoms with E-state index in [9.17, 15) is 5.11 Å². The van der Waals surface area contributed by atoms with E-state index in [0.29, 0.717) is 0 Å². The van der Waals surface area contributed by atoms with Crippen molar-refractivity contribution < 1.29 is 5.11 Å². The zero-order chi connectivity index (χ0) is 11.4. The first-order valence-corrected chi connectivity index (χ1v) is 6.71. The Morgan fingerprint density at radius 1 is 1.19 bits per heavy atom. The third-order valence-electron chi connectivity index (χ3n) is 3.21. The molecule has 0 bridgehead atoms. The Hall–Kier alpha value is -0.380. The molecule has 0 amide bonds. The summed E-state index contributed by atoms with van der Waals surface area (Å²) >= 11 is 3.42. The van der Waals surface area contributed by atoms with Gasteiger partial charge < -0.3 is 10.4 Å². The highest BCUT2D eigenvalue weighted by atomic mass is 79.9. The van der Waals surface area contributed by atoms with Gasteiger partial charge in [-0.25, -0.2) is 0 Å². The van der Waals surface area contributed by atoms with Crippen molar-refractivity contribution in [3.63, 3.8) is 0 Å². The Morgan fingerprint density at radius 2 is 1.88 bits per heavy atom. The van der Waals surface area contributed by atoms with Crippen LogP contribution in [0.2, 0.25) is 0 Å². The predicted octanol–water partition coefficient (Wildman–Crippen LogP) is 2.84. The van der Waals surface area contributed by atoms with E-state index in [1.165, 1.54) is 12.0 Å². The number of rotatable bonds is 3. The molecule has 16 heavy (non-hydrogen) atoms. The van der Waals surface area contributed by atoms with Gasteiger partial charge in [0.2, 0.25) is 0 Å². The summed E-state index contributed by atoms with van der Waals surface area (Å²) in [6.45, 7) is 0.842. The van der Waals surface area contributed by atoms with E-state index in [4.69, 9.17) is 0 Å². The second kappa shape index (κ2) is 5.80. The fraction of sp³-hybridized carbons (Fsp3) is 0.538. The molecule has 0 heterocycles. The number of halogens is 1. The predicted molar refractivity (Wildman–Crippen MR) is 69.2 cm³/mol. The average Bonchev–Trinajstić information content (AvgIpc) is 2.30. The van der Waals surface area contributed by atoms with Crippen molar-refractivity contribution in [1.82, 2.24) is 5.32 Å². The summed E-state index contributed by atoms with van der Waals surface area (Å²) in [5, 5.41) is 13.3. The van der Waals surface area contributed by atoms with Gasteiger partial charge in [-0.05, 0) is 30.5 Å². The van der Waals surface area contributed by atoms with E-state index in [2.05, 4.69) is 33.4 Å². The molecule has 1 aliphatic carbocycles. The van der Waals surface area contributed by atoms with Gasteiger partial charge in [0.15, 0.2) is 0 Å². The van der Waals surface area contributed by atoms with Crippen molar-refractivity contribution in [2.45, 2.75) is 44.4 Å². The first-order valence-electron chi connectivity index (χ1n) is 5.91. The fourth-order valence-corrected chi connectivity index (χ4v) is 2.46. The van der Waals surface area contributed by atoms with Crippen molar-refractivity contribution in [3.8, 4) is 0 Å². The van der Waals surface area contributed by atoms with Gasteiger partial charge in [0.25, 0.3) is 0 Å². The summed E-state index contributed by atoms with van der Waals surface area (Å²) in [7, 11) is 0. The molecule has 0 aliphatic heterocycles. The van der Waals surface area contributed by atoms with Crippen molar-refractivity contribution in [2.24, 2.45) is 0 Å². The molecule has 88 valence electrons. The van der Waals surface area contributed by atoms with Gasteiger partial charge in [0, 0.05) is 17.1 Å². The molecule has 3 heteroatoms. The topological polar surface area (TPSA) is 32.3 Å². The van der Waals surface area contributed by atoms with E-state index < -0.39 is 0 Å². The maximum absolute atomic E-state index is 9.82. The van der Waals surface area contributed by atoms with Gasteiger partial charge in [-0.1, -0.05) is 40.9 Å². The maximum atomic E-state index is 9.82. The summed E-state index contributed by atoms with van der Waals surface area (Å²) in [6, 6.07) is 8.58. The summed E-state index contributed by atoms with van der Waals surface area (Å²) in [6.07, 6.45) is 4.27. The van der Waals surface area contributed by atoms with Crippen molar-refractivity contribution in [2.75, 3.05) is 0 Å². The molecule has 1 aromatic rings. The quantitative estimate of drug-likeness (QED) is 0.894. The molecule has 2 rings (SSSR count). The van der Waals surface area contributed by atoms with E-state index >= 15 is 0 Å². The van der Waals surface area contributed by atoms with Crippen LogP contribution < -0.4 is 5.32 Å². The molecule has 2 unspecified atom stereocenters. The standard InChI is InChI=1S/C13H18BrNO/c14-11-7-5-10(6-8-11)9-15-12-3-1-2-4-13(12)16/h5-8,12-13,15-16H,1-4,9H2. The molecule has 1 saturated carbocycles. The van der Waals surface area contributed by atoms with Crippen LogP contribution in [0, 0.1) is 0 Å². The van der Waals surface area contributed by atoms with Gasteiger partial charge in [0.1, 0.15) is 0 Å². The van der Waals surface area contributed by atoms with Gasteiger partial charge in [-0.3, -0.25) is 0 Å². The van der Waals surface area contributed by atoms with Crippen LogP contribution >= 0.6 is 15.9 Å². The van der Waals surface area contributed by atoms with E-state index in [0.717, 1.165) is 30.3 Å². The lowest BCUT2D eigenvalue weighted by atomic mass is 9.92. The number of aliphatic hydroxyl groups excluding tert-OH is 1. The Morgan fingerprint density at radius 3 is 2.56 bits per heavy atom. The van der Waals surface area contributed by atoms with Crippen LogP contribution in [0.15, 0.2) is 28.7 Å². The minimum Gasteiger partial charge on any atom is -0.392 e. The smallest absolute Gasteiger partial charge is 0.0693 e. The number of benzene rings is 1.